The van der Waals surface area contributed by atoms with Crippen molar-refractivity contribution in [1.29, 1.82) is 0 Å². The summed E-state index contributed by atoms with van der Waals surface area (Å²) in [5.74, 6) is -0.202. The lowest BCUT2D eigenvalue weighted by Gasteiger charge is -2.18. The van der Waals surface area contributed by atoms with Crippen LogP contribution in [0.2, 0.25) is 5.02 Å². The highest BCUT2D eigenvalue weighted by atomic mass is 35.5. The molecule has 0 bridgehead atoms. The van der Waals surface area contributed by atoms with Gasteiger partial charge in [0.2, 0.25) is 0 Å². The predicted molar refractivity (Wildman–Crippen MR) is 72.3 cm³/mol. The van der Waals surface area contributed by atoms with Crippen LogP contribution in [0.4, 0.5) is 10.2 Å². The Morgan fingerprint density at radius 3 is 2.67 bits per heavy atom. The maximum atomic E-state index is 13.7. The van der Waals surface area contributed by atoms with Gasteiger partial charge in [-0.15, -0.1) is 0 Å². The number of nitrogens with one attached hydrogen (secondary N) is 1. The van der Waals surface area contributed by atoms with Gasteiger partial charge in [-0.3, -0.25) is 0 Å². The summed E-state index contributed by atoms with van der Waals surface area (Å²) in [6, 6.07) is 11.2. The van der Waals surface area contributed by atoms with Gasteiger partial charge < -0.3 is 5.32 Å². The van der Waals surface area contributed by atoms with Crippen molar-refractivity contribution in [3.63, 3.8) is 0 Å². The standard InChI is InChI=1S/C14H14ClFN2/c1-2-13(10-6-4-3-5-7-10)18-14-12(16)8-11(15)9-17-14/h3-9,13H,2H2,1H3,(H,17,18). The quantitative estimate of drug-likeness (QED) is 0.883. The van der Waals surface area contributed by atoms with E-state index in [2.05, 4.69) is 10.3 Å². The molecule has 0 aliphatic carbocycles. The van der Waals surface area contributed by atoms with Crippen LogP contribution in [0.15, 0.2) is 42.6 Å². The third-order valence-corrected chi connectivity index (χ3v) is 2.94. The third-order valence-electron chi connectivity index (χ3n) is 2.73. The molecule has 0 aliphatic heterocycles. The minimum absolute atomic E-state index is 0.0365. The molecule has 1 atom stereocenters. The average molecular weight is 265 g/mol. The van der Waals surface area contributed by atoms with E-state index in [1.807, 2.05) is 37.3 Å². The minimum Gasteiger partial charge on any atom is -0.361 e. The summed E-state index contributed by atoms with van der Waals surface area (Å²) in [7, 11) is 0. The average Bonchev–Trinajstić information content (AvgIpc) is 2.39. The van der Waals surface area contributed by atoms with Crippen LogP contribution in [-0.4, -0.2) is 4.98 Å². The second kappa shape index (κ2) is 5.83. The molecule has 0 saturated carbocycles. The van der Waals surface area contributed by atoms with Crippen molar-refractivity contribution >= 4 is 17.4 Å². The Kier molecular flexibility index (Phi) is 4.15. The van der Waals surface area contributed by atoms with Crippen molar-refractivity contribution in [3.05, 3.63) is 59.0 Å². The van der Waals surface area contributed by atoms with E-state index in [1.165, 1.54) is 12.3 Å². The van der Waals surface area contributed by atoms with Gasteiger partial charge in [0.15, 0.2) is 11.6 Å². The zero-order valence-corrected chi connectivity index (χ0v) is 10.8. The zero-order valence-electron chi connectivity index (χ0n) is 10.0. The first-order valence-corrected chi connectivity index (χ1v) is 6.21. The Hall–Kier alpha value is -1.61. The fourth-order valence-electron chi connectivity index (χ4n) is 1.79. The smallest absolute Gasteiger partial charge is 0.166 e. The first-order valence-electron chi connectivity index (χ1n) is 5.83. The Morgan fingerprint density at radius 2 is 2.06 bits per heavy atom. The van der Waals surface area contributed by atoms with E-state index < -0.39 is 5.82 Å². The molecular weight excluding hydrogens is 251 g/mol. The van der Waals surface area contributed by atoms with Crippen LogP contribution in [0.5, 0.6) is 0 Å². The highest BCUT2D eigenvalue weighted by Crippen LogP contribution is 2.23. The highest BCUT2D eigenvalue weighted by molar-refractivity contribution is 6.30. The van der Waals surface area contributed by atoms with Crippen molar-refractivity contribution in [2.24, 2.45) is 0 Å². The van der Waals surface area contributed by atoms with Gasteiger partial charge in [-0.25, -0.2) is 9.37 Å². The van der Waals surface area contributed by atoms with Crippen molar-refractivity contribution < 1.29 is 4.39 Å². The Bertz CT molecular complexity index is 516. The molecule has 0 radical (unpaired) electrons. The van der Waals surface area contributed by atoms with Crippen molar-refractivity contribution in [2.75, 3.05) is 5.32 Å². The Labute approximate surface area is 111 Å². The molecule has 4 heteroatoms. The molecule has 2 rings (SSSR count). The molecule has 1 N–H and O–H groups in total. The first kappa shape index (κ1) is 12.8. The summed E-state index contributed by atoms with van der Waals surface area (Å²) in [6.07, 6.45) is 2.28. The SMILES string of the molecule is CCC(Nc1ncc(Cl)cc1F)c1ccccc1. The molecule has 1 heterocycles. The van der Waals surface area contributed by atoms with Crippen LogP contribution >= 0.6 is 11.6 Å². The van der Waals surface area contributed by atoms with Gasteiger partial charge in [0, 0.05) is 6.20 Å². The molecule has 0 spiro atoms. The Balaban J connectivity index is 2.21. The molecule has 1 unspecified atom stereocenters. The summed E-state index contributed by atoms with van der Waals surface area (Å²) >= 11 is 5.67. The van der Waals surface area contributed by atoms with Crippen molar-refractivity contribution in [3.8, 4) is 0 Å². The zero-order chi connectivity index (χ0) is 13.0. The summed E-state index contributed by atoms with van der Waals surface area (Å²) in [6.45, 7) is 2.04. The number of pyridine rings is 1. The van der Waals surface area contributed by atoms with E-state index in [0.717, 1.165) is 12.0 Å². The van der Waals surface area contributed by atoms with E-state index in [4.69, 9.17) is 11.6 Å². The summed E-state index contributed by atoms with van der Waals surface area (Å²) in [5.41, 5.74) is 1.11. The van der Waals surface area contributed by atoms with Gasteiger partial charge in [-0.05, 0) is 18.1 Å². The lowest BCUT2D eigenvalue weighted by Crippen LogP contribution is -2.11. The fourth-order valence-corrected chi connectivity index (χ4v) is 1.94. The number of halogens is 2. The molecule has 1 aromatic carbocycles. The Morgan fingerprint density at radius 1 is 1.33 bits per heavy atom. The number of rotatable bonds is 4. The molecule has 94 valence electrons. The minimum atomic E-state index is -0.433. The maximum absolute atomic E-state index is 13.7. The molecule has 0 aliphatic rings. The lowest BCUT2D eigenvalue weighted by molar-refractivity contribution is 0.617. The third kappa shape index (κ3) is 2.99. The number of benzene rings is 1. The molecular formula is C14H14ClFN2. The largest absolute Gasteiger partial charge is 0.361 e. The topological polar surface area (TPSA) is 24.9 Å². The van der Waals surface area contributed by atoms with Gasteiger partial charge in [0.05, 0.1) is 11.1 Å². The van der Waals surface area contributed by atoms with Gasteiger partial charge in [-0.1, -0.05) is 48.9 Å². The van der Waals surface area contributed by atoms with E-state index in [0.29, 0.717) is 5.02 Å². The van der Waals surface area contributed by atoms with E-state index >= 15 is 0 Å². The molecule has 0 amide bonds. The van der Waals surface area contributed by atoms with Crippen LogP contribution in [0.25, 0.3) is 0 Å². The second-order valence-electron chi connectivity index (χ2n) is 4.00. The number of hydrogen-bond acceptors (Lipinski definition) is 2. The number of anilines is 1. The van der Waals surface area contributed by atoms with Crippen LogP contribution < -0.4 is 5.32 Å². The van der Waals surface area contributed by atoms with Gasteiger partial charge >= 0.3 is 0 Å². The van der Waals surface area contributed by atoms with E-state index in [9.17, 15) is 4.39 Å². The van der Waals surface area contributed by atoms with Gasteiger partial charge in [-0.2, -0.15) is 0 Å². The maximum Gasteiger partial charge on any atom is 0.166 e. The van der Waals surface area contributed by atoms with Crippen LogP contribution in [0.1, 0.15) is 24.9 Å². The van der Waals surface area contributed by atoms with Crippen LogP contribution in [0, 0.1) is 5.82 Å². The van der Waals surface area contributed by atoms with Crippen LogP contribution in [-0.2, 0) is 0 Å². The molecule has 2 nitrogen and oxygen atoms in total. The number of nitrogens with zero attached hydrogens (tertiary/aromatic N) is 1. The van der Waals surface area contributed by atoms with Gasteiger partial charge in [0.25, 0.3) is 0 Å². The summed E-state index contributed by atoms with van der Waals surface area (Å²) < 4.78 is 13.7. The molecule has 18 heavy (non-hydrogen) atoms. The number of aromatic nitrogens is 1. The second-order valence-corrected chi connectivity index (χ2v) is 4.44. The van der Waals surface area contributed by atoms with E-state index in [1.54, 1.807) is 0 Å². The van der Waals surface area contributed by atoms with Crippen molar-refractivity contribution in [2.45, 2.75) is 19.4 Å². The summed E-state index contributed by atoms with van der Waals surface area (Å²) in [5, 5.41) is 3.39. The highest BCUT2D eigenvalue weighted by Gasteiger charge is 2.12. The first-order chi connectivity index (χ1) is 8.70. The molecule has 1 aromatic heterocycles. The van der Waals surface area contributed by atoms with Crippen molar-refractivity contribution in [1.82, 2.24) is 4.98 Å². The number of hydrogen-bond donors (Lipinski definition) is 1. The molecule has 2 aromatic rings. The lowest BCUT2D eigenvalue weighted by atomic mass is 10.0. The fraction of sp³-hybridized carbons (Fsp3) is 0.214. The predicted octanol–water partition coefficient (Wildman–Crippen LogP) is 4.44. The monoisotopic (exact) mass is 264 g/mol. The molecule has 0 fully saturated rings. The molecule has 0 saturated heterocycles. The van der Waals surface area contributed by atoms with Crippen LogP contribution in [0.3, 0.4) is 0 Å². The van der Waals surface area contributed by atoms with Gasteiger partial charge in [0.1, 0.15) is 0 Å². The van der Waals surface area contributed by atoms with E-state index in [-0.39, 0.29) is 11.9 Å². The normalized spacial score (nSPS) is 12.2. The summed E-state index contributed by atoms with van der Waals surface area (Å²) in [4.78, 5) is 3.97.